The predicted octanol–water partition coefficient (Wildman–Crippen LogP) is 5.77. The summed E-state index contributed by atoms with van der Waals surface area (Å²) in [6, 6.07) is 34.0. The summed E-state index contributed by atoms with van der Waals surface area (Å²) >= 11 is 0. The number of rotatable bonds is 11. The summed E-state index contributed by atoms with van der Waals surface area (Å²) < 4.78 is 11.4. The molecule has 0 saturated carbocycles. The molecule has 0 bridgehead atoms. The highest BCUT2D eigenvalue weighted by Crippen LogP contribution is 2.24. The molecular formula is C34H34N2O4. The zero-order valence-corrected chi connectivity index (χ0v) is 22.7. The molecule has 0 aliphatic carbocycles. The fourth-order valence-corrected chi connectivity index (χ4v) is 5.09. The van der Waals surface area contributed by atoms with Gasteiger partial charge < -0.3 is 14.8 Å². The van der Waals surface area contributed by atoms with Crippen LogP contribution in [-0.4, -0.2) is 49.0 Å². The first-order valence-electron chi connectivity index (χ1n) is 13.6. The SMILES string of the molecule is COC(=O)C(Cc1ccc(OC2CCN(Cc3ccccc3)C2)cc1)Nc1ccccc1C(=O)c1ccccc1. The van der Waals surface area contributed by atoms with Crippen molar-refractivity contribution >= 4 is 17.4 Å². The second kappa shape index (κ2) is 13.1. The Balaban J connectivity index is 1.21. The summed E-state index contributed by atoms with van der Waals surface area (Å²) in [6.45, 7) is 2.84. The van der Waals surface area contributed by atoms with Gasteiger partial charge in [-0.25, -0.2) is 4.79 Å². The number of likely N-dealkylation sites (tertiary alicyclic amines) is 1. The monoisotopic (exact) mass is 534 g/mol. The van der Waals surface area contributed by atoms with E-state index in [2.05, 4.69) is 34.5 Å². The van der Waals surface area contributed by atoms with Gasteiger partial charge in [-0.2, -0.15) is 0 Å². The molecule has 4 aromatic carbocycles. The Morgan fingerprint density at radius 3 is 2.25 bits per heavy atom. The molecule has 40 heavy (non-hydrogen) atoms. The smallest absolute Gasteiger partial charge is 0.328 e. The first-order chi connectivity index (χ1) is 19.6. The summed E-state index contributed by atoms with van der Waals surface area (Å²) in [7, 11) is 1.37. The standard InChI is InChI=1S/C34H34N2O4/c1-39-34(38)32(35-31-15-9-8-14-30(31)33(37)27-12-6-3-7-13-27)22-25-16-18-28(19-17-25)40-29-20-21-36(24-29)23-26-10-4-2-5-11-26/h2-19,29,32,35H,20-24H2,1H3. The molecule has 204 valence electrons. The van der Waals surface area contributed by atoms with E-state index in [9.17, 15) is 9.59 Å². The van der Waals surface area contributed by atoms with Crippen molar-refractivity contribution in [2.24, 2.45) is 0 Å². The number of para-hydroxylation sites is 1. The highest BCUT2D eigenvalue weighted by atomic mass is 16.5. The lowest BCUT2D eigenvalue weighted by molar-refractivity contribution is -0.141. The molecule has 5 rings (SSSR count). The second-order valence-corrected chi connectivity index (χ2v) is 10.1. The van der Waals surface area contributed by atoms with Crippen LogP contribution in [0.4, 0.5) is 5.69 Å². The van der Waals surface area contributed by atoms with Gasteiger partial charge in [-0.15, -0.1) is 0 Å². The number of nitrogens with one attached hydrogen (secondary N) is 1. The van der Waals surface area contributed by atoms with Gasteiger partial charge in [-0.05, 0) is 41.8 Å². The van der Waals surface area contributed by atoms with Gasteiger partial charge >= 0.3 is 5.97 Å². The van der Waals surface area contributed by atoms with E-state index in [-0.39, 0.29) is 11.9 Å². The lowest BCUT2D eigenvalue weighted by Crippen LogP contribution is -2.33. The third-order valence-corrected chi connectivity index (χ3v) is 7.17. The maximum Gasteiger partial charge on any atom is 0.328 e. The number of ketones is 1. The lowest BCUT2D eigenvalue weighted by atomic mass is 10.00. The molecule has 1 aliphatic heterocycles. The molecule has 0 aromatic heterocycles. The Morgan fingerprint density at radius 2 is 1.52 bits per heavy atom. The number of carbonyl (C=O) groups excluding carboxylic acids is 2. The Labute approximate surface area is 235 Å². The van der Waals surface area contributed by atoms with Crippen molar-refractivity contribution in [3.63, 3.8) is 0 Å². The molecule has 6 heteroatoms. The van der Waals surface area contributed by atoms with Crippen LogP contribution in [0.25, 0.3) is 0 Å². The summed E-state index contributed by atoms with van der Waals surface area (Å²) in [5.74, 6) is 0.312. The summed E-state index contributed by atoms with van der Waals surface area (Å²) in [5, 5.41) is 3.26. The molecule has 1 heterocycles. The highest BCUT2D eigenvalue weighted by Gasteiger charge is 2.25. The maximum absolute atomic E-state index is 13.2. The largest absolute Gasteiger partial charge is 0.489 e. The minimum Gasteiger partial charge on any atom is -0.489 e. The molecule has 0 spiro atoms. The first kappa shape index (κ1) is 27.2. The molecule has 1 aliphatic rings. The van der Waals surface area contributed by atoms with Crippen LogP contribution >= 0.6 is 0 Å². The molecule has 0 radical (unpaired) electrons. The van der Waals surface area contributed by atoms with Crippen molar-refractivity contribution < 1.29 is 19.1 Å². The van der Waals surface area contributed by atoms with Crippen LogP contribution in [0.5, 0.6) is 5.75 Å². The van der Waals surface area contributed by atoms with Crippen molar-refractivity contribution in [1.82, 2.24) is 4.90 Å². The summed E-state index contributed by atoms with van der Waals surface area (Å²) in [4.78, 5) is 28.3. The molecule has 1 N–H and O–H groups in total. The number of hydrogen-bond donors (Lipinski definition) is 1. The van der Waals surface area contributed by atoms with Gasteiger partial charge in [0.1, 0.15) is 17.9 Å². The molecule has 1 saturated heterocycles. The zero-order chi connectivity index (χ0) is 27.7. The van der Waals surface area contributed by atoms with Crippen molar-refractivity contribution in [2.75, 3.05) is 25.5 Å². The topological polar surface area (TPSA) is 67.9 Å². The van der Waals surface area contributed by atoms with Crippen molar-refractivity contribution in [1.29, 1.82) is 0 Å². The maximum atomic E-state index is 13.2. The van der Waals surface area contributed by atoms with E-state index >= 15 is 0 Å². The van der Waals surface area contributed by atoms with Crippen molar-refractivity contribution in [3.05, 3.63) is 131 Å². The van der Waals surface area contributed by atoms with E-state index in [1.165, 1.54) is 12.7 Å². The first-order valence-corrected chi connectivity index (χ1v) is 13.6. The molecular weight excluding hydrogens is 500 g/mol. The van der Waals surface area contributed by atoms with Gasteiger partial charge in [0.05, 0.1) is 7.11 Å². The number of nitrogens with zero attached hydrogens (tertiary/aromatic N) is 1. The van der Waals surface area contributed by atoms with Gasteiger partial charge in [-0.1, -0.05) is 84.9 Å². The molecule has 1 fully saturated rings. The quantitative estimate of drug-likeness (QED) is 0.195. The van der Waals surface area contributed by atoms with E-state index in [1.54, 1.807) is 18.2 Å². The predicted molar refractivity (Wildman–Crippen MR) is 157 cm³/mol. The third kappa shape index (κ3) is 6.96. The Kier molecular flexibility index (Phi) is 8.89. The van der Waals surface area contributed by atoms with E-state index in [1.807, 2.05) is 66.7 Å². The van der Waals surface area contributed by atoms with Crippen LogP contribution in [0.1, 0.15) is 33.5 Å². The number of esters is 1. The fourth-order valence-electron chi connectivity index (χ4n) is 5.09. The van der Waals surface area contributed by atoms with Crippen molar-refractivity contribution in [2.45, 2.75) is 31.5 Å². The Bertz CT molecular complexity index is 1410. The Hall–Kier alpha value is -4.42. The van der Waals surface area contributed by atoms with Crippen LogP contribution in [0.15, 0.2) is 109 Å². The van der Waals surface area contributed by atoms with Crippen LogP contribution in [0, 0.1) is 0 Å². The van der Waals surface area contributed by atoms with Gasteiger partial charge in [0.25, 0.3) is 0 Å². The second-order valence-electron chi connectivity index (χ2n) is 10.1. The Morgan fingerprint density at radius 1 is 0.850 bits per heavy atom. The zero-order valence-electron chi connectivity index (χ0n) is 22.7. The number of hydrogen-bond acceptors (Lipinski definition) is 6. The van der Waals surface area contributed by atoms with E-state index in [0.717, 1.165) is 37.4 Å². The van der Waals surface area contributed by atoms with Crippen LogP contribution in [0.3, 0.4) is 0 Å². The molecule has 6 nitrogen and oxygen atoms in total. The summed E-state index contributed by atoms with van der Waals surface area (Å²) in [5.41, 5.74) is 3.96. The lowest BCUT2D eigenvalue weighted by Gasteiger charge is -2.20. The third-order valence-electron chi connectivity index (χ3n) is 7.17. The van der Waals surface area contributed by atoms with Crippen LogP contribution in [-0.2, 0) is 22.5 Å². The van der Waals surface area contributed by atoms with E-state index < -0.39 is 12.0 Å². The van der Waals surface area contributed by atoms with Gasteiger partial charge in [-0.3, -0.25) is 9.69 Å². The average Bonchev–Trinajstić information content (AvgIpc) is 3.44. The number of carbonyl (C=O) groups is 2. The minimum absolute atomic E-state index is 0.108. The fraction of sp³-hybridized carbons (Fsp3) is 0.235. The normalized spacial score (nSPS) is 15.8. The highest BCUT2D eigenvalue weighted by molar-refractivity contribution is 6.12. The van der Waals surface area contributed by atoms with Crippen molar-refractivity contribution in [3.8, 4) is 5.75 Å². The van der Waals surface area contributed by atoms with E-state index in [0.29, 0.717) is 23.2 Å². The number of benzene rings is 4. The van der Waals surface area contributed by atoms with E-state index in [4.69, 9.17) is 9.47 Å². The minimum atomic E-state index is -0.664. The van der Waals surface area contributed by atoms with Gasteiger partial charge in [0.2, 0.25) is 0 Å². The molecule has 4 aromatic rings. The number of ether oxygens (including phenoxy) is 2. The van der Waals surface area contributed by atoms with Gasteiger partial charge in [0, 0.05) is 42.9 Å². The molecule has 0 amide bonds. The van der Waals surface area contributed by atoms with Crippen LogP contribution < -0.4 is 10.1 Å². The van der Waals surface area contributed by atoms with Crippen LogP contribution in [0.2, 0.25) is 0 Å². The molecule has 2 unspecified atom stereocenters. The molecule has 2 atom stereocenters. The average molecular weight is 535 g/mol. The number of anilines is 1. The number of methoxy groups -OCH3 is 1. The van der Waals surface area contributed by atoms with Gasteiger partial charge in [0.15, 0.2) is 5.78 Å². The summed E-state index contributed by atoms with van der Waals surface area (Å²) in [6.07, 6.45) is 1.54.